The molecule has 80 valence electrons. The van der Waals surface area contributed by atoms with Crippen LogP contribution in [-0.2, 0) is 11.8 Å². The highest BCUT2D eigenvalue weighted by atomic mass is 32.1. The van der Waals surface area contributed by atoms with Gasteiger partial charge < -0.3 is 15.0 Å². The van der Waals surface area contributed by atoms with E-state index >= 15 is 0 Å². The summed E-state index contributed by atoms with van der Waals surface area (Å²) < 4.78 is 5.76. The van der Waals surface area contributed by atoms with Gasteiger partial charge in [-0.3, -0.25) is 4.79 Å². The van der Waals surface area contributed by atoms with E-state index in [0.29, 0.717) is 0 Å². The van der Waals surface area contributed by atoms with Gasteiger partial charge in [0.2, 0.25) is 0 Å². The Morgan fingerprint density at radius 3 is 2.67 bits per heavy atom. The summed E-state index contributed by atoms with van der Waals surface area (Å²) in [7, 11) is 2.77. The second-order valence-electron chi connectivity index (χ2n) is 2.91. The molecule has 0 aliphatic rings. The second kappa shape index (κ2) is 4.22. The molecule has 1 rings (SSSR count). The van der Waals surface area contributed by atoms with Gasteiger partial charge in [-0.2, -0.15) is 0 Å². The molecule has 0 saturated heterocycles. The number of ether oxygens (including phenoxy) is 1. The second-order valence-corrected chi connectivity index (χ2v) is 3.35. The van der Waals surface area contributed by atoms with Crippen molar-refractivity contribution in [3.05, 3.63) is 33.7 Å². The number of carbonyl (C=O) groups is 1. The number of esters is 1. The standard InChI is InChI=1S/C9H10N2O3S/c1-11-4-5(9(13)14-2)3-6(7(10)15)8(11)12/h3-4H,1-2H3,(H2,10,15). The van der Waals surface area contributed by atoms with Crippen molar-refractivity contribution in [2.45, 2.75) is 0 Å². The van der Waals surface area contributed by atoms with Crippen molar-refractivity contribution in [3.8, 4) is 0 Å². The molecule has 0 unspecified atom stereocenters. The zero-order valence-corrected chi connectivity index (χ0v) is 9.13. The van der Waals surface area contributed by atoms with Crippen LogP contribution in [0.1, 0.15) is 15.9 Å². The van der Waals surface area contributed by atoms with Gasteiger partial charge in [0.1, 0.15) is 4.99 Å². The van der Waals surface area contributed by atoms with Crippen LogP contribution in [0.25, 0.3) is 0 Å². The predicted octanol–water partition coefficient (Wildman–Crippen LogP) is -0.194. The first kappa shape index (κ1) is 11.4. The maximum Gasteiger partial charge on any atom is 0.339 e. The van der Waals surface area contributed by atoms with E-state index < -0.39 is 5.97 Å². The van der Waals surface area contributed by atoms with Crippen molar-refractivity contribution in [1.29, 1.82) is 0 Å². The van der Waals surface area contributed by atoms with Crippen LogP contribution in [0.3, 0.4) is 0 Å². The monoisotopic (exact) mass is 226 g/mol. The number of carbonyl (C=O) groups excluding carboxylic acids is 1. The number of nitrogens with zero attached hydrogens (tertiary/aromatic N) is 1. The van der Waals surface area contributed by atoms with Crippen LogP contribution in [-0.4, -0.2) is 22.6 Å². The molecule has 0 fully saturated rings. The zero-order chi connectivity index (χ0) is 11.6. The number of nitrogens with two attached hydrogens (primary N) is 1. The fourth-order valence-electron chi connectivity index (χ4n) is 1.12. The van der Waals surface area contributed by atoms with Gasteiger partial charge in [-0.15, -0.1) is 0 Å². The number of methoxy groups -OCH3 is 1. The van der Waals surface area contributed by atoms with Gasteiger partial charge in [-0.25, -0.2) is 4.79 Å². The number of aromatic nitrogens is 1. The van der Waals surface area contributed by atoms with E-state index in [2.05, 4.69) is 4.74 Å². The van der Waals surface area contributed by atoms with Gasteiger partial charge in [0.25, 0.3) is 5.56 Å². The Hall–Kier alpha value is -1.69. The number of aryl methyl sites for hydroxylation is 1. The van der Waals surface area contributed by atoms with Crippen LogP contribution < -0.4 is 11.3 Å². The lowest BCUT2D eigenvalue weighted by Gasteiger charge is -2.05. The maximum atomic E-state index is 11.5. The minimum atomic E-state index is -0.539. The SMILES string of the molecule is COC(=O)c1cc(C(N)=S)c(=O)n(C)c1. The maximum absolute atomic E-state index is 11.5. The molecule has 1 aromatic heterocycles. The molecule has 0 aromatic carbocycles. The average Bonchev–Trinajstić information content (AvgIpc) is 2.20. The van der Waals surface area contributed by atoms with Crippen molar-refractivity contribution >= 4 is 23.2 Å². The molecule has 1 aromatic rings. The van der Waals surface area contributed by atoms with Crippen molar-refractivity contribution in [1.82, 2.24) is 4.57 Å². The fourth-order valence-corrected chi connectivity index (χ4v) is 1.26. The Balaban J connectivity index is 3.43. The number of hydrogen-bond acceptors (Lipinski definition) is 4. The Kier molecular flexibility index (Phi) is 3.21. The molecule has 5 nitrogen and oxygen atoms in total. The van der Waals surface area contributed by atoms with Gasteiger partial charge in [-0.05, 0) is 6.07 Å². The van der Waals surface area contributed by atoms with E-state index in [1.54, 1.807) is 0 Å². The molecule has 0 aliphatic carbocycles. The van der Waals surface area contributed by atoms with Crippen molar-refractivity contribution in [2.75, 3.05) is 7.11 Å². The number of hydrogen-bond donors (Lipinski definition) is 1. The smallest absolute Gasteiger partial charge is 0.339 e. The summed E-state index contributed by atoms with van der Waals surface area (Å²) in [4.78, 5) is 22.7. The summed E-state index contributed by atoms with van der Waals surface area (Å²) in [6.07, 6.45) is 1.37. The van der Waals surface area contributed by atoms with Crippen LogP contribution >= 0.6 is 12.2 Å². The Bertz CT molecular complexity index is 479. The fraction of sp³-hybridized carbons (Fsp3) is 0.222. The first-order valence-corrected chi connectivity index (χ1v) is 4.47. The topological polar surface area (TPSA) is 74.3 Å². The minimum Gasteiger partial charge on any atom is -0.465 e. The van der Waals surface area contributed by atoms with Crippen molar-refractivity contribution in [3.63, 3.8) is 0 Å². The van der Waals surface area contributed by atoms with Crippen LogP contribution in [0.5, 0.6) is 0 Å². The molecular weight excluding hydrogens is 216 g/mol. The number of thiocarbonyl (C=S) groups is 1. The largest absolute Gasteiger partial charge is 0.465 e. The highest BCUT2D eigenvalue weighted by Crippen LogP contribution is 2.02. The van der Waals surface area contributed by atoms with E-state index in [4.69, 9.17) is 18.0 Å². The summed E-state index contributed by atoms with van der Waals surface area (Å²) in [5, 5.41) is 0. The van der Waals surface area contributed by atoms with E-state index in [9.17, 15) is 9.59 Å². The van der Waals surface area contributed by atoms with Crippen LogP contribution in [0.4, 0.5) is 0 Å². The Labute approximate surface area is 91.5 Å². The van der Waals surface area contributed by atoms with Gasteiger partial charge in [-0.1, -0.05) is 12.2 Å². The summed E-state index contributed by atoms with van der Waals surface area (Å²) >= 11 is 4.70. The Morgan fingerprint density at radius 1 is 1.60 bits per heavy atom. The van der Waals surface area contributed by atoms with Gasteiger partial charge in [0, 0.05) is 13.2 Å². The number of rotatable bonds is 2. The lowest BCUT2D eigenvalue weighted by atomic mass is 10.2. The van der Waals surface area contributed by atoms with E-state index in [-0.39, 0.29) is 21.7 Å². The molecule has 1 heterocycles. The van der Waals surface area contributed by atoms with Crippen molar-refractivity contribution in [2.24, 2.45) is 12.8 Å². The average molecular weight is 226 g/mol. The number of pyridine rings is 1. The third kappa shape index (κ3) is 2.21. The lowest BCUT2D eigenvalue weighted by Crippen LogP contribution is -2.28. The summed E-state index contributed by atoms with van der Waals surface area (Å²) in [5.74, 6) is -0.539. The van der Waals surface area contributed by atoms with Gasteiger partial charge in [0.05, 0.1) is 18.2 Å². The quantitative estimate of drug-likeness (QED) is 0.558. The molecule has 0 radical (unpaired) electrons. The van der Waals surface area contributed by atoms with Crippen LogP contribution in [0, 0.1) is 0 Å². The Morgan fingerprint density at radius 2 is 2.20 bits per heavy atom. The van der Waals surface area contributed by atoms with Crippen LogP contribution in [0.2, 0.25) is 0 Å². The highest BCUT2D eigenvalue weighted by molar-refractivity contribution is 7.80. The van der Waals surface area contributed by atoms with Crippen LogP contribution in [0.15, 0.2) is 17.1 Å². The molecule has 0 aliphatic heterocycles. The molecule has 0 bridgehead atoms. The van der Waals surface area contributed by atoms with Crippen molar-refractivity contribution < 1.29 is 9.53 Å². The molecule has 0 spiro atoms. The van der Waals surface area contributed by atoms with E-state index in [1.165, 1.54) is 31.0 Å². The van der Waals surface area contributed by atoms with E-state index in [0.717, 1.165) is 0 Å². The molecule has 6 heteroatoms. The molecule has 2 N–H and O–H groups in total. The predicted molar refractivity (Wildman–Crippen MR) is 58.9 cm³/mol. The molecule has 0 amide bonds. The third-order valence-corrected chi connectivity index (χ3v) is 2.09. The van der Waals surface area contributed by atoms with E-state index in [1.807, 2.05) is 0 Å². The zero-order valence-electron chi connectivity index (χ0n) is 8.31. The third-order valence-electron chi connectivity index (χ3n) is 1.87. The molecular formula is C9H10N2O3S. The van der Waals surface area contributed by atoms with Gasteiger partial charge in [0.15, 0.2) is 0 Å². The molecule has 0 saturated carbocycles. The normalized spacial score (nSPS) is 9.73. The summed E-state index contributed by atoms with van der Waals surface area (Å²) in [5.41, 5.74) is 5.40. The van der Waals surface area contributed by atoms with Gasteiger partial charge >= 0.3 is 5.97 Å². The first-order valence-electron chi connectivity index (χ1n) is 4.06. The molecule has 0 atom stereocenters. The summed E-state index contributed by atoms with van der Waals surface area (Å²) in [6.45, 7) is 0. The highest BCUT2D eigenvalue weighted by Gasteiger charge is 2.12. The minimum absolute atomic E-state index is 0.0404. The molecule has 15 heavy (non-hydrogen) atoms. The lowest BCUT2D eigenvalue weighted by molar-refractivity contribution is 0.0599. The first-order chi connectivity index (χ1) is 6.97. The summed E-state index contributed by atoms with van der Waals surface area (Å²) in [6, 6.07) is 1.33.